The summed E-state index contributed by atoms with van der Waals surface area (Å²) in [7, 11) is -1.12. The highest BCUT2D eigenvalue weighted by molar-refractivity contribution is 7.90. The van der Waals surface area contributed by atoms with E-state index in [4.69, 9.17) is 11.6 Å². The Labute approximate surface area is 132 Å². The van der Waals surface area contributed by atoms with Gasteiger partial charge >= 0.3 is 0 Å². The van der Waals surface area contributed by atoms with E-state index in [2.05, 4.69) is 24.2 Å². The molecule has 0 heterocycles. The number of halogens is 1. The second-order valence-corrected chi connectivity index (χ2v) is 8.26. The molecule has 1 aromatic carbocycles. The van der Waals surface area contributed by atoms with Crippen molar-refractivity contribution in [2.45, 2.75) is 43.3 Å². The van der Waals surface area contributed by atoms with Gasteiger partial charge in [0, 0.05) is 42.0 Å². The predicted molar refractivity (Wildman–Crippen MR) is 86.5 cm³/mol. The number of rotatable bonds is 7. The van der Waals surface area contributed by atoms with Crippen LogP contribution in [0.1, 0.15) is 25.3 Å². The second-order valence-electron chi connectivity index (χ2n) is 5.87. The predicted octanol–water partition coefficient (Wildman–Crippen LogP) is 2.32. The summed E-state index contributed by atoms with van der Waals surface area (Å²) in [5, 5.41) is 3.82. The first-order chi connectivity index (χ1) is 9.80. The Balaban J connectivity index is 1.99. The molecule has 1 atom stereocenters. The van der Waals surface area contributed by atoms with Crippen LogP contribution in [0.2, 0.25) is 5.02 Å². The number of likely N-dealkylation sites (N-methyl/N-ethyl adjacent to an activating group) is 1. The quantitative estimate of drug-likeness (QED) is 0.833. The molecule has 2 rings (SSSR count). The van der Waals surface area contributed by atoms with Gasteiger partial charge in [0.05, 0.1) is 4.90 Å². The van der Waals surface area contributed by atoms with Crippen molar-refractivity contribution in [2.24, 2.45) is 0 Å². The van der Waals surface area contributed by atoms with Crippen molar-refractivity contribution in [3.63, 3.8) is 0 Å². The molecule has 0 radical (unpaired) electrons. The Kier molecular flexibility index (Phi) is 5.30. The van der Waals surface area contributed by atoms with Crippen molar-refractivity contribution in [1.29, 1.82) is 0 Å². The van der Waals surface area contributed by atoms with Crippen molar-refractivity contribution >= 4 is 21.4 Å². The van der Waals surface area contributed by atoms with Crippen LogP contribution in [0.15, 0.2) is 23.1 Å². The number of sulfone groups is 1. The van der Waals surface area contributed by atoms with Gasteiger partial charge in [0.2, 0.25) is 0 Å². The largest absolute Gasteiger partial charge is 0.311 e. The maximum atomic E-state index is 11.8. The van der Waals surface area contributed by atoms with Crippen molar-refractivity contribution in [3.8, 4) is 0 Å². The van der Waals surface area contributed by atoms with E-state index in [9.17, 15) is 8.42 Å². The molecule has 0 amide bonds. The number of nitrogens with zero attached hydrogens (tertiary/aromatic N) is 1. The van der Waals surface area contributed by atoms with Gasteiger partial charge in [-0.1, -0.05) is 17.7 Å². The monoisotopic (exact) mass is 330 g/mol. The summed E-state index contributed by atoms with van der Waals surface area (Å²) in [6.45, 7) is 3.45. The first kappa shape index (κ1) is 16.7. The van der Waals surface area contributed by atoms with E-state index in [0.717, 1.165) is 6.54 Å². The summed E-state index contributed by atoms with van der Waals surface area (Å²) in [6.07, 6.45) is 3.78. The van der Waals surface area contributed by atoms with Crippen LogP contribution in [0.4, 0.5) is 0 Å². The molecular formula is C15H23ClN2O2S. The van der Waals surface area contributed by atoms with Crippen LogP contribution in [-0.4, -0.2) is 45.2 Å². The van der Waals surface area contributed by atoms with Crippen LogP contribution < -0.4 is 5.32 Å². The highest BCUT2D eigenvalue weighted by atomic mass is 35.5. The molecule has 0 aliphatic heterocycles. The Morgan fingerprint density at radius 3 is 2.67 bits per heavy atom. The van der Waals surface area contributed by atoms with E-state index < -0.39 is 9.84 Å². The topological polar surface area (TPSA) is 49.4 Å². The molecule has 1 N–H and O–H groups in total. The molecular weight excluding hydrogens is 308 g/mol. The zero-order valence-electron chi connectivity index (χ0n) is 12.8. The lowest BCUT2D eigenvalue weighted by Gasteiger charge is -2.25. The Bertz CT molecular complexity index is 600. The minimum Gasteiger partial charge on any atom is -0.311 e. The van der Waals surface area contributed by atoms with E-state index in [1.165, 1.54) is 19.1 Å². The minimum absolute atomic E-state index is 0.311. The lowest BCUT2D eigenvalue weighted by Crippen LogP contribution is -2.39. The van der Waals surface area contributed by atoms with Crippen LogP contribution in [0.3, 0.4) is 0 Å². The molecule has 0 spiro atoms. The standard InChI is InChI=1S/C15H23ClN2O2S/c1-11(18(2)12-7-8-12)9-17-10-13-14(16)5-4-6-15(13)21(3,19)20/h4-6,11-12,17H,7-10H2,1-3H3. The summed E-state index contributed by atoms with van der Waals surface area (Å²) in [6, 6.07) is 6.15. The van der Waals surface area contributed by atoms with Crippen LogP contribution in [0.5, 0.6) is 0 Å². The molecule has 1 aromatic rings. The van der Waals surface area contributed by atoms with Crippen molar-refractivity contribution in [1.82, 2.24) is 10.2 Å². The molecule has 21 heavy (non-hydrogen) atoms. The van der Waals surface area contributed by atoms with Gasteiger partial charge in [-0.3, -0.25) is 4.90 Å². The van der Waals surface area contributed by atoms with Crippen molar-refractivity contribution in [3.05, 3.63) is 28.8 Å². The van der Waals surface area contributed by atoms with Crippen LogP contribution in [0, 0.1) is 0 Å². The molecule has 1 unspecified atom stereocenters. The lowest BCUT2D eigenvalue weighted by atomic mass is 10.2. The van der Waals surface area contributed by atoms with Gasteiger partial charge in [0.1, 0.15) is 0 Å². The zero-order chi connectivity index (χ0) is 15.6. The van der Waals surface area contributed by atoms with Gasteiger partial charge in [-0.2, -0.15) is 0 Å². The first-order valence-corrected chi connectivity index (χ1v) is 9.47. The number of hydrogen-bond acceptors (Lipinski definition) is 4. The third-order valence-corrected chi connectivity index (χ3v) is 5.57. The van der Waals surface area contributed by atoms with Crippen LogP contribution in [0.25, 0.3) is 0 Å². The first-order valence-electron chi connectivity index (χ1n) is 7.21. The van der Waals surface area contributed by atoms with Gasteiger partial charge in [0.25, 0.3) is 0 Å². The van der Waals surface area contributed by atoms with E-state index in [1.807, 2.05) is 0 Å². The van der Waals surface area contributed by atoms with E-state index in [-0.39, 0.29) is 0 Å². The average Bonchev–Trinajstić information content (AvgIpc) is 3.22. The molecule has 4 nitrogen and oxygen atoms in total. The normalized spacial score (nSPS) is 17.2. The molecule has 118 valence electrons. The summed E-state index contributed by atoms with van der Waals surface area (Å²) in [5.41, 5.74) is 0.656. The van der Waals surface area contributed by atoms with Crippen LogP contribution in [-0.2, 0) is 16.4 Å². The van der Waals surface area contributed by atoms with E-state index in [1.54, 1.807) is 18.2 Å². The third kappa shape index (κ3) is 4.42. The van der Waals surface area contributed by atoms with Gasteiger partial charge in [-0.25, -0.2) is 8.42 Å². The molecule has 0 bridgehead atoms. The smallest absolute Gasteiger partial charge is 0.175 e. The molecule has 0 saturated heterocycles. The molecule has 1 aliphatic rings. The summed E-state index contributed by atoms with van der Waals surface area (Å²) in [4.78, 5) is 2.68. The molecule has 1 fully saturated rings. The van der Waals surface area contributed by atoms with Crippen LogP contribution >= 0.6 is 11.6 Å². The maximum absolute atomic E-state index is 11.8. The second kappa shape index (κ2) is 6.65. The molecule has 0 aromatic heterocycles. The summed E-state index contributed by atoms with van der Waals surface area (Å²) in [5.74, 6) is 0. The number of hydrogen-bond donors (Lipinski definition) is 1. The average molecular weight is 331 g/mol. The highest BCUT2D eigenvalue weighted by Gasteiger charge is 2.28. The Morgan fingerprint density at radius 2 is 2.10 bits per heavy atom. The third-order valence-electron chi connectivity index (χ3n) is 4.03. The lowest BCUT2D eigenvalue weighted by molar-refractivity contribution is 0.241. The Morgan fingerprint density at radius 1 is 1.43 bits per heavy atom. The maximum Gasteiger partial charge on any atom is 0.175 e. The van der Waals surface area contributed by atoms with E-state index in [0.29, 0.717) is 34.1 Å². The zero-order valence-corrected chi connectivity index (χ0v) is 14.3. The molecule has 1 saturated carbocycles. The van der Waals surface area contributed by atoms with Crippen molar-refractivity contribution < 1.29 is 8.42 Å². The number of nitrogens with one attached hydrogen (secondary N) is 1. The fourth-order valence-corrected chi connectivity index (χ4v) is 3.70. The van der Waals surface area contributed by atoms with E-state index >= 15 is 0 Å². The minimum atomic E-state index is -3.26. The van der Waals surface area contributed by atoms with Gasteiger partial charge in [-0.15, -0.1) is 0 Å². The highest BCUT2D eigenvalue weighted by Crippen LogP contribution is 2.27. The Hall–Kier alpha value is -0.620. The molecule has 1 aliphatic carbocycles. The SMILES string of the molecule is CC(CNCc1c(Cl)cccc1S(C)(=O)=O)N(C)C1CC1. The van der Waals surface area contributed by atoms with Gasteiger partial charge in [-0.05, 0) is 38.9 Å². The summed E-state index contributed by atoms with van der Waals surface area (Å²) < 4.78 is 23.6. The van der Waals surface area contributed by atoms with Gasteiger partial charge < -0.3 is 5.32 Å². The molecule has 6 heteroatoms. The fraction of sp³-hybridized carbons (Fsp3) is 0.600. The number of benzene rings is 1. The van der Waals surface area contributed by atoms with Gasteiger partial charge in [0.15, 0.2) is 9.84 Å². The fourth-order valence-electron chi connectivity index (χ4n) is 2.45. The summed E-state index contributed by atoms with van der Waals surface area (Å²) >= 11 is 6.16. The van der Waals surface area contributed by atoms with Crippen molar-refractivity contribution in [2.75, 3.05) is 19.8 Å².